The summed E-state index contributed by atoms with van der Waals surface area (Å²) in [6.07, 6.45) is 3.53. The second kappa shape index (κ2) is 5.96. The van der Waals surface area contributed by atoms with E-state index in [9.17, 15) is 4.79 Å². The van der Waals surface area contributed by atoms with Gasteiger partial charge >= 0.3 is 0 Å². The summed E-state index contributed by atoms with van der Waals surface area (Å²) in [6.45, 7) is 5.01. The molecule has 0 bridgehead atoms. The monoisotopic (exact) mass is 285 g/mol. The molecule has 0 saturated heterocycles. The van der Waals surface area contributed by atoms with Crippen LogP contribution in [0.15, 0.2) is 22.9 Å². The van der Waals surface area contributed by atoms with Crippen molar-refractivity contribution in [2.75, 3.05) is 6.54 Å². The molecule has 0 fully saturated rings. The number of primary amides is 1. The number of halogens is 1. The average molecular weight is 286 g/mol. The molecule has 0 aliphatic carbocycles. The van der Waals surface area contributed by atoms with Crippen LogP contribution in [-0.4, -0.2) is 28.4 Å². The number of pyridine rings is 1. The molecule has 1 aromatic heterocycles. The van der Waals surface area contributed by atoms with E-state index in [1.54, 1.807) is 12.4 Å². The van der Waals surface area contributed by atoms with Crippen molar-refractivity contribution < 1.29 is 4.79 Å². The highest BCUT2D eigenvalue weighted by Crippen LogP contribution is 2.12. The lowest BCUT2D eigenvalue weighted by molar-refractivity contribution is -0.119. The standard InChI is InChI=1S/C11H16BrN3O/c1-8(2)15(7-11(13)16)6-9-3-10(12)5-14-4-9/h3-5,8H,6-7H2,1-2H3,(H2,13,16). The van der Waals surface area contributed by atoms with Crippen molar-refractivity contribution in [3.63, 3.8) is 0 Å². The SMILES string of the molecule is CC(C)N(CC(N)=O)Cc1cncc(Br)c1. The van der Waals surface area contributed by atoms with Crippen LogP contribution in [0.3, 0.4) is 0 Å². The summed E-state index contributed by atoms with van der Waals surface area (Å²) < 4.78 is 0.938. The summed E-state index contributed by atoms with van der Waals surface area (Å²) in [7, 11) is 0. The lowest BCUT2D eigenvalue weighted by Crippen LogP contribution is -2.37. The van der Waals surface area contributed by atoms with E-state index in [0.717, 1.165) is 10.0 Å². The Kier molecular flexibility index (Phi) is 4.89. The van der Waals surface area contributed by atoms with E-state index in [1.165, 1.54) is 0 Å². The van der Waals surface area contributed by atoms with Crippen LogP contribution in [0.25, 0.3) is 0 Å². The van der Waals surface area contributed by atoms with Gasteiger partial charge in [0.1, 0.15) is 0 Å². The molecule has 0 aliphatic rings. The van der Waals surface area contributed by atoms with Gasteiger partial charge in [0.25, 0.3) is 0 Å². The minimum absolute atomic E-state index is 0.268. The Hall–Kier alpha value is -0.940. The molecular formula is C11H16BrN3O. The van der Waals surface area contributed by atoms with Gasteiger partial charge in [-0.3, -0.25) is 14.7 Å². The first-order valence-electron chi connectivity index (χ1n) is 5.11. The maximum Gasteiger partial charge on any atom is 0.231 e. The van der Waals surface area contributed by atoms with Crippen LogP contribution >= 0.6 is 15.9 Å². The normalized spacial score (nSPS) is 11.1. The number of carbonyl (C=O) groups excluding carboxylic acids is 1. The Morgan fingerprint density at radius 2 is 2.25 bits per heavy atom. The molecule has 0 saturated carbocycles. The molecule has 16 heavy (non-hydrogen) atoms. The summed E-state index contributed by atoms with van der Waals surface area (Å²) in [6, 6.07) is 2.26. The number of carbonyl (C=O) groups is 1. The summed E-state index contributed by atoms with van der Waals surface area (Å²) >= 11 is 3.37. The smallest absolute Gasteiger partial charge is 0.231 e. The van der Waals surface area contributed by atoms with Crippen molar-refractivity contribution >= 4 is 21.8 Å². The van der Waals surface area contributed by atoms with E-state index in [4.69, 9.17) is 5.73 Å². The molecule has 0 atom stereocenters. The van der Waals surface area contributed by atoms with Gasteiger partial charge in [-0.05, 0) is 41.4 Å². The van der Waals surface area contributed by atoms with Crippen LogP contribution < -0.4 is 5.73 Å². The van der Waals surface area contributed by atoms with E-state index in [0.29, 0.717) is 6.54 Å². The fraction of sp³-hybridized carbons (Fsp3) is 0.455. The van der Waals surface area contributed by atoms with Crippen LogP contribution in [0, 0.1) is 0 Å². The minimum Gasteiger partial charge on any atom is -0.369 e. The predicted octanol–water partition coefficient (Wildman–Crippen LogP) is 1.54. The van der Waals surface area contributed by atoms with Crippen molar-refractivity contribution in [3.8, 4) is 0 Å². The maximum absolute atomic E-state index is 10.9. The summed E-state index contributed by atoms with van der Waals surface area (Å²) in [5, 5.41) is 0. The molecule has 1 amide bonds. The third-order valence-electron chi connectivity index (χ3n) is 2.24. The Morgan fingerprint density at radius 3 is 2.75 bits per heavy atom. The number of hydrogen-bond donors (Lipinski definition) is 1. The largest absolute Gasteiger partial charge is 0.369 e. The fourth-order valence-electron chi connectivity index (χ4n) is 1.40. The van der Waals surface area contributed by atoms with Gasteiger partial charge in [0.15, 0.2) is 0 Å². The molecule has 1 heterocycles. The lowest BCUT2D eigenvalue weighted by atomic mass is 10.2. The molecule has 2 N–H and O–H groups in total. The second-order valence-electron chi connectivity index (χ2n) is 3.98. The topological polar surface area (TPSA) is 59.2 Å². The first kappa shape index (κ1) is 13.1. The Balaban J connectivity index is 2.71. The number of nitrogens with two attached hydrogens (primary N) is 1. The van der Waals surface area contributed by atoms with E-state index in [2.05, 4.69) is 20.9 Å². The molecule has 0 aliphatic heterocycles. The number of amides is 1. The predicted molar refractivity (Wildman–Crippen MR) is 66.7 cm³/mol. The molecule has 5 heteroatoms. The van der Waals surface area contributed by atoms with Gasteiger partial charge in [0, 0.05) is 29.5 Å². The van der Waals surface area contributed by atoms with E-state index < -0.39 is 0 Å². The average Bonchev–Trinajstić information content (AvgIpc) is 2.15. The van der Waals surface area contributed by atoms with Crippen molar-refractivity contribution in [2.45, 2.75) is 26.4 Å². The number of hydrogen-bond acceptors (Lipinski definition) is 3. The zero-order valence-electron chi connectivity index (χ0n) is 9.48. The van der Waals surface area contributed by atoms with E-state index >= 15 is 0 Å². The van der Waals surface area contributed by atoms with Gasteiger partial charge in [-0.25, -0.2) is 0 Å². The molecule has 0 radical (unpaired) electrons. The molecule has 0 aromatic carbocycles. The number of rotatable bonds is 5. The Morgan fingerprint density at radius 1 is 1.56 bits per heavy atom. The summed E-state index contributed by atoms with van der Waals surface area (Å²) in [5.74, 6) is -0.309. The van der Waals surface area contributed by atoms with Crippen molar-refractivity contribution in [1.29, 1.82) is 0 Å². The zero-order chi connectivity index (χ0) is 12.1. The highest BCUT2D eigenvalue weighted by atomic mass is 79.9. The molecule has 88 valence electrons. The quantitative estimate of drug-likeness (QED) is 0.893. The lowest BCUT2D eigenvalue weighted by Gasteiger charge is -2.24. The highest BCUT2D eigenvalue weighted by molar-refractivity contribution is 9.10. The van der Waals surface area contributed by atoms with Crippen LogP contribution in [-0.2, 0) is 11.3 Å². The van der Waals surface area contributed by atoms with Gasteiger partial charge in [-0.15, -0.1) is 0 Å². The minimum atomic E-state index is -0.309. The van der Waals surface area contributed by atoms with Gasteiger partial charge in [0.2, 0.25) is 5.91 Å². The first-order valence-corrected chi connectivity index (χ1v) is 5.90. The van der Waals surface area contributed by atoms with E-state index in [-0.39, 0.29) is 18.5 Å². The van der Waals surface area contributed by atoms with Gasteiger partial charge in [-0.1, -0.05) is 0 Å². The molecular weight excluding hydrogens is 270 g/mol. The van der Waals surface area contributed by atoms with Gasteiger partial charge < -0.3 is 5.73 Å². The molecule has 0 unspecified atom stereocenters. The van der Waals surface area contributed by atoms with Gasteiger partial charge in [0.05, 0.1) is 6.54 Å². The van der Waals surface area contributed by atoms with Crippen LogP contribution in [0.4, 0.5) is 0 Å². The Labute approximate surface area is 104 Å². The van der Waals surface area contributed by atoms with Crippen LogP contribution in [0.1, 0.15) is 19.4 Å². The first-order chi connectivity index (χ1) is 7.49. The third-order valence-corrected chi connectivity index (χ3v) is 2.67. The number of aromatic nitrogens is 1. The van der Waals surface area contributed by atoms with Crippen LogP contribution in [0.5, 0.6) is 0 Å². The fourth-order valence-corrected chi connectivity index (χ4v) is 1.81. The van der Waals surface area contributed by atoms with Crippen molar-refractivity contribution in [3.05, 3.63) is 28.5 Å². The summed E-state index contributed by atoms with van der Waals surface area (Å²) in [4.78, 5) is 17.0. The molecule has 4 nitrogen and oxygen atoms in total. The summed E-state index contributed by atoms with van der Waals surface area (Å²) in [5.41, 5.74) is 6.27. The maximum atomic E-state index is 10.9. The molecule has 0 spiro atoms. The number of nitrogens with zero attached hydrogens (tertiary/aromatic N) is 2. The van der Waals surface area contributed by atoms with Crippen LogP contribution in [0.2, 0.25) is 0 Å². The van der Waals surface area contributed by atoms with Crippen molar-refractivity contribution in [1.82, 2.24) is 9.88 Å². The zero-order valence-corrected chi connectivity index (χ0v) is 11.1. The van der Waals surface area contributed by atoms with E-state index in [1.807, 2.05) is 24.8 Å². The molecule has 1 aromatic rings. The third kappa shape index (κ3) is 4.28. The second-order valence-corrected chi connectivity index (χ2v) is 4.89. The van der Waals surface area contributed by atoms with Crippen molar-refractivity contribution in [2.24, 2.45) is 5.73 Å². The Bertz CT molecular complexity index is 368. The van der Waals surface area contributed by atoms with Gasteiger partial charge in [-0.2, -0.15) is 0 Å². The molecule has 1 rings (SSSR count). The highest BCUT2D eigenvalue weighted by Gasteiger charge is 2.12.